The lowest BCUT2D eigenvalue weighted by Gasteiger charge is -2.21. The first-order valence-corrected chi connectivity index (χ1v) is 11.0. The van der Waals surface area contributed by atoms with E-state index >= 15 is 0 Å². The summed E-state index contributed by atoms with van der Waals surface area (Å²) < 4.78 is 43.2. The van der Waals surface area contributed by atoms with E-state index in [4.69, 9.17) is 16.9 Å². The second-order valence-electron chi connectivity index (χ2n) is 6.21. The molecule has 5 nitrogen and oxygen atoms in total. The molecule has 1 N–H and O–H groups in total. The third-order valence-electron chi connectivity index (χ3n) is 4.21. The van der Waals surface area contributed by atoms with Gasteiger partial charge in [0.2, 0.25) is 10.0 Å². The monoisotopic (exact) mass is 493 g/mol. The third-order valence-corrected chi connectivity index (χ3v) is 6.31. The molecule has 9 heteroatoms. The van der Waals surface area contributed by atoms with Crippen molar-refractivity contribution < 1.29 is 12.8 Å². The van der Waals surface area contributed by atoms with Crippen LogP contribution >= 0.6 is 27.5 Å². The van der Waals surface area contributed by atoms with Crippen molar-refractivity contribution in [1.29, 1.82) is 5.26 Å². The van der Waals surface area contributed by atoms with Crippen LogP contribution in [0.3, 0.4) is 0 Å². The van der Waals surface area contributed by atoms with Crippen molar-refractivity contribution in [2.45, 2.75) is 17.9 Å². The quantitative estimate of drug-likeness (QED) is 0.548. The molecule has 1 heterocycles. The van der Waals surface area contributed by atoms with Crippen LogP contribution < -0.4 is 4.72 Å². The first-order valence-electron chi connectivity index (χ1n) is 8.31. The largest absolute Gasteiger partial charge is 0.258 e. The fourth-order valence-corrected chi connectivity index (χ4v) is 4.54. The average Bonchev–Trinajstić information content (AvgIpc) is 2.67. The van der Waals surface area contributed by atoms with E-state index in [0.717, 1.165) is 22.2 Å². The van der Waals surface area contributed by atoms with Crippen LogP contribution in [0.1, 0.15) is 28.4 Å². The van der Waals surface area contributed by atoms with Crippen LogP contribution in [0.4, 0.5) is 4.39 Å². The van der Waals surface area contributed by atoms with Crippen molar-refractivity contribution in [2.75, 3.05) is 0 Å². The summed E-state index contributed by atoms with van der Waals surface area (Å²) in [5.41, 5.74) is 1.63. The summed E-state index contributed by atoms with van der Waals surface area (Å²) in [6, 6.07) is 12.5. The molecule has 0 radical (unpaired) electrons. The van der Waals surface area contributed by atoms with E-state index < -0.39 is 21.9 Å². The standard InChI is InChI=1S/C20H14BrClFN3O2S/c1-12-8-15(21)11-25-19(12)20(13-2-5-16(22)6-3-13)26-29(27,28)17-7-4-14(10-24)18(23)9-17/h2-9,11,20,26H,1H3/t20-/m0/s1. The Hall–Kier alpha value is -2.31. The normalized spacial score (nSPS) is 12.4. The predicted molar refractivity (Wildman–Crippen MR) is 111 cm³/mol. The van der Waals surface area contributed by atoms with E-state index in [1.165, 1.54) is 6.07 Å². The molecule has 0 fully saturated rings. The second kappa shape index (κ2) is 8.59. The third kappa shape index (κ3) is 4.82. The molecular weight excluding hydrogens is 481 g/mol. The molecule has 0 spiro atoms. The summed E-state index contributed by atoms with van der Waals surface area (Å²) in [6.07, 6.45) is 1.57. The number of rotatable bonds is 5. The Labute approximate surface area is 181 Å². The summed E-state index contributed by atoms with van der Waals surface area (Å²) >= 11 is 9.31. The van der Waals surface area contributed by atoms with Crippen LogP contribution in [0, 0.1) is 24.1 Å². The molecule has 3 rings (SSSR count). The van der Waals surface area contributed by atoms with E-state index in [-0.39, 0.29) is 10.5 Å². The molecule has 0 saturated heterocycles. The number of halogens is 3. The number of hydrogen-bond acceptors (Lipinski definition) is 4. The minimum absolute atomic E-state index is 0.233. The van der Waals surface area contributed by atoms with E-state index in [1.54, 1.807) is 36.5 Å². The summed E-state index contributed by atoms with van der Waals surface area (Å²) in [5.74, 6) is -0.906. The molecule has 148 valence electrons. The van der Waals surface area contributed by atoms with Gasteiger partial charge in [-0.3, -0.25) is 4.98 Å². The van der Waals surface area contributed by atoms with Crippen molar-refractivity contribution in [3.8, 4) is 6.07 Å². The van der Waals surface area contributed by atoms with Gasteiger partial charge in [0.15, 0.2) is 0 Å². The number of benzene rings is 2. The van der Waals surface area contributed by atoms with Crippen molar-refractivity contribution in [3.05, 3.63) is 92.4 Å². The van der Waals surface area contributed by atoms with Crippen LogP contribution in [-0.4, -0.2) is 13.4 Å². The molecule has 29 heavy (non-hydrogen) atoms. The molecule has 1 atom stereocenters. The fourth-order valence-electron chi connectivity index (χ4n) is 2.77. The second-order valence-corrected chi connectivity index (χ2v) is 9.28. The Morgan fingerprint density at radius 3 is 2.48 bits per heavy atom. The minimum Gasteiger partial charge on any atom is -0.258 e. The molecule has 0 aliphatic rings. The maximum Gasteiger partial charge on any atom is 0.241 e. The van der Waals surface area contributed by atoms with Gasteiger partial charge in [-0.25, -0.2) is 12.8 Å². The minimum atomic E-state index is -4.12. The highest BCUT2D eigenvalue weighted by Crippen LogP contribution is 2.28. The molecule has 0 unspecified atom stereocenters. The van der Waals surface area contributed by atoms with Crippen LogP contribution in [0.5, 0.6) is 0 Å². The van der Waals surface area contributed by atoms with Crippen LogP contribution in [0.2, 0.25) is 5.02 Å². The zero-order valence-corrected chi connectivity index (χ0v) is 18.2. The molecular formula is C20H14BrClFN3O2S. The van der Waals surface area contributed by atoms with Crippen LogP contribution in [-0.2, 0) is 10.0 Å². The maximum atomic E-state index is 14.0. The fraction of sp³-hybridized carbons (Fsp3) is 0.100. The van der Waals surface area contributed by atoms with Crippen molar-refractivity contribution in [2.24, 2.45) is 0 Å². The highest BCUT2D eigenvalue weighted by molar-refractivity contribution is 9.10. The predicted octanol–water partition coefficient (Wildman–Crippen LogP) is 4.88. The number of nitrogens with zero attached hydrogens (tertiary/aromatic N) is 2. The lowest BCUT2D eigenvalue weighted by atomic mass is 10.0. The number of nitriles is 1. The number of nitrogens with one attached hydrogen (secondary N) is 1. The Morgan fingerprint density at radius 2 is 1.90 bits per heavy atom. The van der Waals surface area contributed by atoms with E-state index in [0.29, 0.717) is 16.3 Å². The maximum absolute atomic E-state index is 14.0. The highest BCUT2D eigenvalue weighted by Gasteiger charge is 2.26. The molecule has 0 aliphatic carbocycles. The lowest BCUT2D eigenvalue weighted by Crippen LogP contribution is -2.30. The number of hydrogen-bond donors (Lipinski definition) is 1. The smallest absolute Gasteiger partial charge is 0.241 e. The summed E-state index contributed by atoms with van der Waals surface area (Å²) in [4.78, 5) is 4.09. The van der Waals surface area contributed by atoms with E-state index in [9.17, 15) is 12.8 Å². The van der Waals surface area contributed by atoms with E-state index in [1.807, 2.05) is 13.0 Å². The Bertz CT molecular complexity index is 1210. The number of sulfonamides is 1. The number of pyridine rings is 1. The van der Waals surface area contributed by atoms with Gasteiger partial charge in [-0.2, -0.15) is 9.98 Å². The van der Waals surface area contributed by atoms with Gasteiger partial charge in [-0.05, 0) is 70.4 Å². The lowest BCUT2D eigenvalue weighted by molar-refractivity contribution is 0.566. The number of aryl methyl sites for hydroxylation is 1. The Morgan fingerprint density at radius 1 is 1.21 bits per heavy atom. The zero-order valence-electron chi connectivity index (χ0n) is 15.0. The first kappa shape index (κ1) is 21.4. The SMILES string of the molecule is Cc1cc(Br)cnc1[C@@H](NS(=O)(=O)c1ccc(C#N)c(F)c1)c1ccc(Cl)cc1. The molecule has 0 amide bonds. The average molecular weight is 495 g/mol. The van der Waals surface area contributed by atoms with Gasteiger partial charge in [0.1, 0.15) is 11.9 Å². The Kier molecular flexibility index (Phi) is 6.34. The summed E-state index contributed by atoms with van der Waals surface area (Å²) in [5, 5.41) is 9.36. The van der Waals surface area contributed by atoms with Gasteiger partial charge in [-0.15, -0.1) is 0 Å². The molecule has 0 aliphatic heterocycles. The first-order chi connectivity index (χ1) is 13.7. The number of aromatic nitrogens is 1. The van der Waals surface area contributed by atoms with Crippen LogP contribution in [0.15, 0.2) is 64.1 Å². The molecule has 3 aromatic rings. The van der Waals surface area contributed by atoms with Crippen molar-refractivity contribution >= 4 is 37.6 Å². The molecule has 2 aromatic carbocycles. The van der Waals surface area contributed by atoms with E-state index in [2.05, 4.69) is 25.6 Å². The highest BCUT2D eigenvalue weighted by atomic mass is 79.9. The zero-order chi connectivity index (χ0) is 21.2. The summed E-state index contributed by atoms with van der Waals surface area (Å²) in [7, 11) is -4.12. The summed E-state index contributed by atoms with van der Waals surface area (Å²) in [6.45, 7) is 1.81. The van der Waals surface area contributed by atoms with Gasteiger partial charge in [0.05, 0.1) is 22.2 Å². The molecule has 0 bridgehead atoms. The van der Waals surface area contributed by atoms with Crippen molar-refractivity contribution in [3.63, 3.8) is 0 Å². The topological polar surface area (TPSA) is 82.8 Å². The van der Waals surface area contributed by atoms with Gasteiger partial charge in [-0.1, -0.05) is 23.7 Å². The Balaban J connectivity index is 2.08. The van der Waals surface area contributed by atoms with Gasteiger partial charge in [0, 0.05) is 15.7 Å². The van der Waals surface area contributed by atoms with Crippen LogP contribution in [0.25, 0.3) is 0 Å². The van der Waals surface area contributed by atoms with Gasteiger partial charge >= 0.3 is 0 Å². The molecule has 0 saturated carbocycles. The van der Waals surface area contributed by atoms with Gasteiger partial charge in [0.25, 0.3) is 0 Å². The van der Waals surface area contributed by atoms with Gasteiger partial charge < -0.3 is 0 Å². The molecule has 1 aromatic heterocycles. The van der Waals surface area contributed by atoms with Crippen molar-refractivity contribution in [1.82, 2.24) is 9.71 Å².